The highest BCUT2D eigenvalue weighted by molar-refractivity contribution is 4.88. The highest BCUT2D eigenvalue weighted by atomic mass is 16.7. The Morgan fingerprint density at radius 1 is 1.24 bits per heavy atom. The molecule has 5 atom stereocenters. The van der Waals surface area contributed by atoms with Gasteiger partial charge in [0.2, 0.25) is 0 Å². The van der Waals surface area contributed by atoms with E-state index < -0.39 is 37.3 Å². The lowest BCUT2D eigenvalue weighted by molar-refractivity contribution is -0.300. The van der Waals surface area contributed by atoms with Crippen molar-refractivity contribution in [3.05, 3.63) is 10.4 Å². The van der Waals surface area contributed by atoms with Crippen molar-refractivity contribution < 1.29 is 29.9 Å². The van der Waals surface area contributed by atoms with Crippen molar-refractivity contribution in [2.45, 2.75) is 30.7 Å². The van der Waals surface area contributed by atoms with Crippen LogP contribution in [0, 0.1) is 0 Å². The number of hydrogen-bond donors (Lipinski definition) is 4. The fourth-order valence-corrected chi connectivity index (χ4v) is 1.46. The van der Waals surface area contributed by atoms with Crippen molar-refractivity contribution in [3.63, 3.8) is 0 Å². The van der Waals surface area contributed by atoms with Crippen molar-refractivity contribution in [1.29, 1.82) is 0 Å². The third-order valence-corrected chi connectivity index (χ3v) is 2.39. The second-order valence-electron chi connectivity index (χ2n) is 3.52. The maximum atomic E-state index is 9.53. The standard InChI is InChI=1S/C8H15N3O6/c9-11-10-1-2-16-8-7(15)6(14)5(13)4(3-12)17-8/h4-8,12-15H,1-3H2/t4?,5-,6+,7?,8-/m1/s1. The number of rotatable bonds is 5. The first-order valence-electron chi connectivity index (χ1n) is 5.04. The minimum atomic E-state index is -1.47. The van der Waals surface area contributed by atoms with Gasteiger partial charge in [-0.1, -0.05) is 5.11 Å². The molecule has 98 valence electrons. The Labute approximate surface area is 96.8 Å². The Bertz CT molecular complexity index is 282. The summed E-state index contributed by atoms with van der Waals surface area (Å²) in [6.07, 6.45) is -6.49. The molecule has 1 heterocycles. The van der Waals surface area contributed by atoms with Gasteiger partial charge in [0, 0.05) is 11.5 Å². The Kier molecular flexibility index (Phi) is 5.59. The summed E-state index contributed by atoms with van der Waals surface area (Å²) in [5, 5.41) is 40.5. The van der Waals surface area contributed by atoms with Crippen LogP contribution >= 0.6 is 0 Å². The predicted octanol–water partition coefficient (Wildman–Crippen LogP) is -1.89. The van der Waals surface area contributed by atoms with Crippen molar-refractivity contribution in [2.75, 3.05) is 19.8 Å². The molecule has 0 bridgehead atoms. The fourth-order valence-electron chi connectivity index (χ4n) is 1.46. The molecule has 1 saturated heterocycles. The van der Waals surface area contributed by atoms with Gasteiger partial charge in [0.25, 0.3) is 0 Å². The minimum Gasteiger partial charge on any atom is -0.394 e. The van der Waals surface area contributed by atoms with Crippen LogP contribution in [-0.4, -0.2) is 70.9 Å². The molecular formula is C8H15N3O6. The van der Waals surface area contributed by atoms with Gasteiger partial charge in [-0.15, -0.1) is 0 Å². The molecule has 0 spiro atoms. The van der Waals surface area contributed by atoms with E-state index in [-0.39, 0.29) is 13.2 Å². The average molecular weight is 249 g/mol. The van der Waals surface area contributed by atoms with Gasteiger partial charge in [-0.3, -0.25) is 0 Å². The molecule has 1 aliphatic heterocycles. The van der Waals surface area contributed by atoms with Gasteiger partial charge in [-0.25, -0.2) is 0 Å². The van der Waals surface area contributed by atoms with Crippen LogP contribution in [0.15, 0.2) is 5.11 Å². The van der Waals surface area contributed by atoms with Gasteiger partial charge >= 0.3 is 0 Å². The van der Waals surface area contributed by atoms with Crippen molar-refractivity contribution in [2.24, 2.45) is 5.11 Å². The predicted molar refractivity (Wildman–Crippen MR) is 53.7 cm³/mol. The van der Waals surface area contributed by atoms with Gasteiger partial charge in [0.1, 0.15) is 24.4 Å². The zero-order valence-corrected chi connectivity index (χ0v) is 8.96. The van der Waals surface area contributed by atoms with E-state index >= 15 is 0 Å². The summed E-state index contributed by atoms with van der Waals surface area (Å²) in [5.41, 5.74) is 8.03. The van der Waals surface area contributed by atoms with E-state index in [0.29, 0.717) is 0 Å². The van der Waals surface area contributed by atoms with Crippen LogP contribution in [0.4, 0.5) is 0 Å². The van der Waals surface area contributed by atoms with E-state index in [0.717, 1.165) is 0 Å². The number of hydrogen-bond acceptors (Lipinski definition) is 7. The fraction of sp³-hybridized carbons (Fsp3) is 1.00. The lowest BCUT2D eigenvalue weighted by atomic mass is 9.99. The Morgan fingerprint density at radius 2 is 1.94 bits per heavy atom. The van der Waals surface area contributed by atoms with Crippen LogP contribution in [0.5, 0.6) is 0 Å². The normalized spacial score (nSPS) is 37.5. The summed E-state index contributed by atoms with van der Waals surface area (Å²) in [7, 11) is 0. The molecule has 0 radical (unpaired) electrons. The molecule has 0 aromatic rings. The van der Waals surface area contributed by atoms with Crippen LogP contribution < -0.4 is 0 Å². The van der Waals surface area contributed by atoms with Gasteiger partial charge in [0.05, 0.1) is 13.2 Å². The van der Waals surface area contributed by atoms with Crippen LogP contribution in [0.1, 0.15) is 0 Å². The molecule has 0 aromatic heterocycles. The van der Waals surface area contributed by atoms with Crippen molar-refractivity contribution in [3.8, 4) is 0 Å². The summed E-state index contributed by atoms with van der Waals surface area (Å²) in [4.78, 5) is 2.51. The van der Waals surface area contributed by atoms with Crippen LogP contribution in [0.25, 0.3) is 10.4 Å². The smallest absolute Gasteiger partial charge is 0.186 e. The van der Waals surface area contributed by atoms with Gasteiger partial charge in [-0.05, 0) is 5.53 Å². The molecule has 0 amide bonds. The zero-order valence-electron chi connectivity index (χ0n) is 8.96. The molecule has 17 heavy (non-hydrogen) atoms. The Balaban J connectivity index is 2.50. The van der Waals surface area contributed by atoms with Gasteiger partial charge < -0.3 is 29.9 Å². The second-order valence-corrected chi connectivity index (χ2v) is 3.52. The largest absolute Gasteiger partial charge is 0.394 e. The summed E-state index contributed by atoms with van der Waals surface area (Å²) >= 11 is 0. The topological polar surface area (TPSA) is 148 Å². The number of aliphatic hydroxyl groups excluding tert-OH is 4. The number of azide groups is 1. The van der Waals surface area contributed by atoms with Crippen LogP contribution in [-0.2, 0) is 9.47 Å². The minimum absolute atomic E-state index is 0.00719. The lowest BCUT2D eigenvalue weighted by Gasteiger charge is -2.39. The van der Waals surface area contributed by atoms with Gasteiger partial charge in [-0.2, -0.15) is 0 Å². The first-order chi connectivity index (χ1) is 8.11. The Morgan fingerprint density at radius 3 is 2.53 bits per heavy atom. The molecule has 1 fully saturated rings. The molecule has 0 aromatic carbocycles. The van der Waals surface area contributed by atoms with Crippen molar-refractivity contribution >= 4 is 0 Å². The van der Waals surface area contributed by atoms with E-state index in [4.69, 9.17) is 20.1 Å². The van der Waals surface area contributed by atoms with Crippen LogP contribution in [0.2, 0.25) is 0 Å². The van der Waals surface area contributed by atoms with Crippen molar-refractivity contribution in [1.82, 2.24) is 0 Å². The first-order valence-corrected chi connectivity index (χ1v) is 5.04. The number of ether oxygens (including phenoxy) is 2. The van der Waals surface area contributed by atoms with E-state index in [9.17, 15) is 15.3 Å². The van der Waals surface area contributed by atoms with E-state index in [2.05, 4.69) is 10.0 Å². The molecule has 0 saturated carbocycles. The van der Waals surface area contributed by atoms with Crippen LogP contribution in [0.3, 0.4) is 0 Å². The first kappa shape index (κ1) is 14.1. The quantitative estimate of drug-likeness (QED) is 0.194. The number of nitrogens with zero attached hydrogens (tertiary/aromatic N) is 3. The SMILES string of the molecule is [N-]=[N+]=NCCO[C@@H]1OC(CO)[C@@H](O)[C@H](O)C1O. The third kappa shape index (κ3) is 3.51. The summed E-state index contributed by atoms with van der Waals surface area (Å²) in [6.45, 7) is -0.473. The molecule has 9 nitrogen and oxygen atoms in total. The van der Waals surface area contributed by atoms with Gasteiger partial charge in [0.15, 0.2) is 6.29 Å². The molecule has 9 heteroatoms. The summed E-state index contributed by atoms with van der Waals surface area (Å²) in [5.74, 6) is 0. The summed E-state index contributed by atoms with van der Waals surface area (Å²) in [6, 6.07) is 0. The zero-order chi connectivity index (χ0) is 12.8. The van der Waals surface area contributed by atoms with E-state index in [1.807, 2.05) is 0 Å². The molecule has 4 N–H and O–H groups in total. The second kappa shape index (κ2) is 6.72. The molecule has 1 rings (SSSR count). The molecule has 0 aliphatic carbocycles. The summed E-state index contributed by atoms with van der Waals surface area (Å²) < 4.78 is 10.1. The molecule has 2 unspecified atom stereocenters. The molecule has 1 aliphatic rings. The Hall–Kier alpha value is -0.930. The maximum absolute atomic E-state index is 9.53. The number of aliphatic hydroxyl groups is 4. The highest BCUT2D eigenvalue weighted by Crippen LogP contribution is 2.21. The lowest BCUT2D eigenvalue weighted by Crippen LogP contribution is -2.59. The molecular weight excluding hydrogens is 234 g/mol. The van der Waals surface area contributed by atoms with E-state index in [1.54, 1.807) is 0 Å². The van der Waals surface area contributed by atoms with E-state index in [1.165, 1.54) is 0 Å². The third-order valence-electron chi connectivity index (χ3n) is 2.39. The highest BCUT2D eigenvalue weighted by Gasteiger charge is 2.43. The monoisotopic (exact) mass is 249 g/mol. The maximum Gasteiger partial charge on any atom is 0.186 e. The average Bonchev–Trinajstić information content (AvgIpc) is 2.34.